The Morgan fingerprint density at radius 3 is 3.04 bits per heavy atom. The summed E-state index contributed by atoms with van der Waals surface area (Å²) in [4.78, 5) is 18.4. The number of aryl methyl sites for hydroxylation is 1. The van der Waals surface area contributed by atoms with Gasteiger partial charge in [-0.05, 0) is 38.8 Å². The van der Waals surface area contributed by atoms with E-state index in [1.807, 2.05) is 0 Å². The van der Waals surface area contributed by atoms with Crippen LogP contribution in [0, 0.1) is 0 Å². The number of aliphatic hydroxyl groups is 1. The fourth-order valence-corrected chi connectivity index (χ4v) is 3.02. The summed E-state index contributed by atoms with van der Waals surface area (Å²) in [6, 6.07) is 3.37. The van der Waals surface area contributed by atoms with E-state index in [0.29, 0.717) is 30.4 Å². The first kappa shape index (κ1) is 15.7. The highest BCUT2D eigenvalue weighted by molar-refractivity contribution is 5.77. The van der Waals surface area contributed by atoms with Crippen LogP contribution < -0.4 is 0 Å². The summed E-state index contributed by atoms with van der Waals surface area (Å²) in [6.07, 6.45) is 3.95. The Kier molecular flexibility index (Phi) is 4.21. The summed E-state index contributed by atoms with van der Waals surface area (Å²) < 4.78 is 10.4. The molecule has 0 saturated carbocycles. The molecule has 1 aliphatic heterocycles. The quantitative estimate of drug-likeness (QED) is 0.906. The number of furan rings is 1. The highest BCUT2D eigenvalue weighted by Gasteiger charge is 2.38. The SMILES string of the molecule is CC(C)(O)C1CCCN1C(=O)CCc1nc(-c2ccco2)no1. The maximum atomic E-state index is 12.4. The Balaban J connectivity index is 1.59. The van der Waals surface area contributed by atoms with Gasteiger partial charge in [0.15, 0.2) is 5.76 Å². The molecule has 7 nitrogen and oxygen atoms in total. The molecule has 0 bridgehead atoms. The number of carbonyl (C=O) groups is 1. The van der Waals surface area contributed by atoms with Gasteiger partial charge in [-0.15, -0.1) is 0 Å². The number of nitrogens with zero attached hydrogens (tertiary/aromatic N) is 3. The number of hydrogen-bond donors (Lipinski definition) is 1. The van der Waals surface area contributed by atoms with Gasteiger partial charge in [0.05, 0.1) is 17.9 Å². The first-order valence-electron chi connectivity index (χ1n) is 7.83. The number of hydrogen-bond acceptors (Lipinski definition) is 6. The van der Waals surface area contributed by atoms with Crippen LogP contribution in [-0.2, 0) is 11.2 Å². The predicted molar refractivity (Wildman–Crippen MR) is 81.4 cm³/mol. The van der Waals surface area contributed by atoms with E-state index in [-0.39, 0.29) is 18.4 Å². The van der Waals surface area contributed by atoms with Crippen molar-refractivity contribution in [3.63, 3.8) is 0 Å². The van der Waals surface area contributed by atoms with E-state index in [4.69, 9.17) is 8.94 Å². The third kappa shape index (κ3) is 3.44. The molecular weight excluding hydrogens is 298 g/mol. The highest BCUT2D eigenvalue weighted by atomic mass is 16.5. The van der Waals surface area contributed by atoms with Gasteiger partial charge in [0.25, 0.3) is 0 Å². The Bertz CT molecular complexity index is 657. The number of aromatic nitrogens is 2. The lowest BCUT2D eigenvalue weighted by atomic mass is 9.96. The molecule has 0 aliphatic carbocycles. The summed E-state index contributed by atoms with van der Waals surface area (Å²) in [7, 11) is 0. The zero-order chi connectivity index (χ0) is 16.4. The summed E-state index contributed by atoms with van der Waals surface area (Å²) >= 11 is 0. The lowest BCUT2D eigenvalue weighted by molar-refractivity contribution is -0.136. The van der Waals surface area contributed by atoms with E-state index < -0.39 is 5.60 Å². The number of carbonyl (C=O) groups excluding carboxylic acids is 1. The van der Waals surface area contributed by atoms with Crippen molar-refractivity contribution in [2.75, 3.05) is 6.54 Å². The Hall–Kier alpha value is -2.15. The second kappa shape index (κ2) is 6.16. The molecule has 3 heterocycles. The van der Waals surface area contributed by atoms with Gasteiger partial charge in [0, 0.05) is 19.4 Å². The van der Waals surface area contributed by atoms with Crippen molar-refractivity contribution >= 4 is 5.91 Å². The first-order valence-corrected chi connectivity index (χ1v) is 7.83. The van der Waals surface area contributed by atoms with E-state index in [2.05, 4.69) is 10.1 Å². The third-order valence-electron chi connectivity index (χ3n) is 4.15. The smallest absolute Gasteiger partial charge is 0.238 e. The molecular formula is C16H21N3O4. The van der Waals surface area contributed by atoms with E-state index >= 15 is 0 Å². The monoisotopic (exact) mass is 319 g/mol. The van der Waals surface area contributed by atoms with Crippen LogP contribution in [0.2, 0.25) is 0 Å². The number of amides is 1. The van der Waals surface area contributed by atoms with Crippen molar-refractivity contribution in [2.45, 2.75) is 51.2 Å². The lowest BCUT2D eigenvalue weighted by Gasteiger charge is -2.33. The second-order valence-electron chi connectivity index (χ2n) is 6.39. The van der Waals surface area contributed by atoms with Gasteiger partial charge in [0.2, 0.25) is 17.6 Å². The Morgan fingerprint density at radius 2 is 2.35 bits per heavy atom. The third-order valence-corrected chi connectivity index (χ3v) is 4.15. The summed E-state index contributed by atoms with van der Waals surface area (Å²) in [5, 5.41) is 14.0. The minimum Gasteiger partial charge on any atom is -0.461 e. The van der Waals surface area contributed by atoms with Gasteiger partial charge in [-0.25, -0.2) is 0 Å². The van der Waals surface area contributed by atoms with Crippen LogP contribution in [0.3, 0.4) is 0 Å². The second-order valence-corrected chi connectivity index (χ2v) is 6.39. The summed E-state index contributed by atoms with van der Waals surface area (Å²) in [6.45, 7) is 4.18. The fraction of sp³-hybridized carbons (Fsp3) is 0.562. The molecule has 7 heteroatoms. The maximum Gasteiger partial charge on any atom is 0.238 e. The molecule has 1 N–H and O–H groups in total. The Morgan fingerprint density at radius 1 is 1.52 bits per heavy atom. The van der Waals surface area contributed by atoms with E-state index in [1.165, 1.54) is 0 Å². The molecule has 23 heavy (non-hydrogen) atoms. The van der Waals surface area contributed by atoms with Gasteiger partial charge >= 0.3 is 0 Å². The van der Waals surface area contributed by atoms with Crippen LogP contribution in [0.25, 0.3) is 11.6 Å². The predicted octanol–water partition coefficient (Wildman–Crippen LogP) is 2.02. The van der Waals surface area contributed by atoms with Crippen LogP contribution in [0.1, 0.15) is 39.0 Å². The van der Waals surface area contributed by atoms with Crippen molar-refractivity contribution in [1.82, 2.24) is 15.0 Å². The minimum absolute atomic E-state index is 0.00683. The van der Waals surface area contributed by atoms with Gasteiger partial charge in [-0.1, -0.05) is 5.16 Å². The van der Waals surface area contributed by atoms with Crippen molar-refractivity contribution in [2.24, 2.45) is 0 Å². The maximum absolute atomic E-state index is 12.4. The molecule has 0 aromatic carbocycles. The van der Waals surface area contributed by atoms with Crippen LogP contribution in [0.4, 0.5) is 0 Å². The lowest BCUT2D eigenvalue weighted by Crippen LogP contribution is -2.48. The standard InChI is InChI=1S/C16H21N3O4/c1-16(2,21)12-6-3-9-19(12)14(20)8-7-13-17-15(18-23-13)11-5-4-10-22-11/h4-5,10,12,21H,3,6-9H2,1-2H3. The molecule has 1 saturated heterocycles. The number of rotatable bonds is 5. The van der Waals surface area contributed by atoms with Crippen LogP contribution >= 0.6 is 0 Å². The summed E-state index contributed by atoms with van der Waals surface area (Å²) in [5.41, 5.74) is -0.886. The molecule has 3 rings (SSSR count). The van der Waals surface area contributed by atoms with E-state index in [0.717, 1.165) is 12.8 Å². The van der Waals surface area contributed by atoms with Gasteiger partial charge in [-0.2, -0.15) is 4.98 Å². The van der Waals surface area contributed by atoms with Crippen molar-refractivity contribution in [1.29, 1.82) is 0 Å². The average molecular weight is 319 g/mol. The van der Waals surface area contributed by atoms with Crippen molar-refractivity contribution < 1.29 is 18.8 Å². The molecule has 2 aromatic rings. The Labute approximate surface area is 134 Å². The van der Waals surface area contributed by atoms with Crippen molar-refractivity contribution in [3.8, 4) is 11.6 Å². The van der Waals surface area contributed by atoms with Gasteiger partial charge < -0.3 is 18.9 Å². The topological polar surface area (TPSA) is 92.6 Å². The van der Waals surface area contributed by atoms with E-state index in [1.54, 1.807) is 37.1 Å². The van der Waals surface area contributed by atoms with Crippen molar-refractivity contribution in [3.05, 3.63) is 24.3 Å². The first-order chi connectivity index (χ1) is 10.9. The van der Waals surface area contributed by atoms with Crippen LogP contribution in [-0.4, -0.2) is 44.2 Å². The van der Waals surface area contributed by atoms with E-state index in [9.17, 15) is 9.90 Å². The molecule has 2 aromatic heterocycles. The molecule has 0 spiro atoms. The molecule has 1 atom stereocenters. The summed E-state index contributed by atoms with van der Waals surface area (Å²) in [5.74, 6) is 1.33. The highest BCUT2D eigenvalue weighted by Crippen LogP contribution is 2.27. The zero-order valence-corrected chi connectivity index (χ0v) is 13.4. The van der Waals surface area contributed by atoms with Gasteiger partial charge in [0.1, 0.15) is 0 Å². The molecule has 1 aliphatic rings. The van der Waals surface area contributed by atoms with Gasteiger partial charge in [-0.3, -0.25) is 4.79 Å². The van der Waals surface area contributed by atoms with Crippen LogP contribution in [0.15, 0.2) is 27.3 Å². The molecule has 1 unspecified atom stereocenters. The molecule has 1 amide bonds. The fourth-order valence-electron chi connectivity index (χ4n) is 3.02. The molecule has 124 valence electrons. The molecule has 0 radical (unpaired) electrons. The zero-order valence-electron chi connectivity index (χ0n) is 13.4. The minimum atomic E-state index is -0.886. The average Bonchev–Trinajstić information content (AvgIpc) is 3.22. The normalized spacial score (nSPS) is 18.6. The largest absolute Gasteiger partial charge is 0.461 e. The van der Waals surface area contributed by atoms with Crippen LogP contribution in [0.5, 0.6) is 0 Å². The molecule has 1 fully saturated rings. The number of likely N-dealkylation sites (tertiary alicyclic amines) is 1.